The molecule has 1 aromatic carbocycles. The molecule has 1 aliphatic rings. The lowest BCUT2D eigenvalue weighted by atomic mass is 9.93. The smallest absolute Gasteiger partial charge is 0.142 e. The Balaban J connectivity index is 2.19. The molecule has 0 heterocycles. The van der Waals surface area contributed by atoms with Gasteiger partial charge in [-0.3, -0.25) is 4.79 Å². The summed E-state index contributed by atoms with van der Waals surface area (Å²) in [5.74, 6) is 1.30. The fourth-order valence-corrected chi connectivity index (χ4v) is 2.58. The highest BCUT2D eigenvalue weighted by Crippen LogP contribution is 2.32. The average molecular weight is 247 g/mol. The van der Waals surface area contributed by atoms with Crippen LogP contribution in [-0.2, 0) is 4.79 Å². The van der Waals surface area contributed by atoms with Crippen LogP contribution in [0.25, 0.3) is 0 Å². The van der Waals surface area contributed by atoms with Crippen LogP contribution in [0.5, 0.6) is 5.75 Å². The Bertz CT molecular complexity index is 432. The molecule has 0 radical (unpaired) electrons. The molecule has 0 amide bonds. The Labute approximate surface area is 109 Å². The summed E-state index contributed by atoms with van der Waals surface area (Å²) < 4.78 is 5.42. The second kappa shape index (κ2) is 5.42. The zero-order chi connectivity index (χ0) is 13.1. The molecule has 1 aromatic rings. The van der Waals surface area contributed by atoms with Crippen LogP contribution in [-0.4, -0.2) is 26.0 Å². The van der Waals surface area contributed by atoms with Gasteiger partial charge in [-0.2, -0.15) is 0 Å². The van der Waals surface area contributed by atoms with E-state index in [1.165, 1.54) is 5.56 Å². The number of aryl methyl sites for hydroxylation is 1. The molecule has 2 rings (SSSR count). The van der Waals surface area contributed by atoms with Gasteiger partial charge in [-0.15, -0.1) is 0 Å². The number of hydrogen-bond acceptors (Lipinski definition) is 3. The van der Waals surface area contributed by atoms with Crippen molar-refractivity contribution in [3.05, 3.63) is 23.8 Å². The third kappa shape index (κ3) is 2.66. The average Bonchev–Trinajstić information content (AvgIpc) is 2.39. The van der Waals surface area contributed by atoms with Crippen LogP contribution in [0.4, 0.5) is 5.69 Å². The zero-order valence-corrected chi connectivity index (χ0v) is 11.4. The lowest BCUT2D eigenvalue weighted by Gasteiger charge is -2.33. The van der Waals surface area contributed by atoms with E-state index in [9.17, 15) is 4.79 Å². The first-order chi connectivity index (χ1) is 8.61. The molecule has 18 heavy (non-hydrogen) atoms. The monoisotopic (exact) mass is 247 g/mol. The molecule has 3 nitrogen and oxygen atoms in total. The van der Waals surface area contributed by atoms with Gasteiger partial charge >= 0.3 is 0 Å². The van der Waals surface area contributed by atoms with Gasteiger partial charge in [-0.25, -0.2) is 0 Å². The van der Waals surface area contributed by atoms with Crippen molar-refractivity contribution in [3.63, 3.8) is 0 Å². The van der Waals surface area contributed by atoms with Gasteiger partial charge in [0.2, 0.25) is 0 Å². The van der Waals surface area contributed by atoms with Crippen LogP contribution in [0.1, 0.15) is 31.2 Å². The van der Waals surface area contributed by atoms with E-state index in [0.717, 1.165) is 24.3 Å². The minimum atomic E-state index is 0.399. The molecule has 0 aliphatic heterocycles. The Hall–Kier alpha value is -1.51. The molecule has 0 spiro atoms. The van der Waals surface area contributed by atoms with Crippen LogP contribution in [0.2, 0.25) is 0 Å². The van der Waals surface area contributed by atoms with Crippen molar-refractivity contribution >= 4 is 11.5 Å². The number of benzene rings is 1. The van der Waals surface area contributed by atoms with Crippen molar-refractivity contribution in [1.29, 1.82) is 0 Å². The number of ketones is 1. The van der Waals surface area contributed by atoms with Gasteiger partial charge in [0.15, 0.2) is 0 Å². The van der Waals surface area contributed by atoms with Gasteiger partial charge in [0.05, 0.1) is 12.8 Å². The zero-order valence-electron chi connectivity index (χ0n) is 11.4. The van der Waals surface area contributed by atoms with Crippen molar-refractivity contribution in [2.75, 3.05) is 19.1 Å². The highest BCUT2D eigenvalue weighted by Gasteiger charge is 2.23. The van der Waals surface area contributed by atoms with Gasteiger partial charge < -0.3 is 9.64 Å². The molecule has 1 fully saturated rings. The molecular weight excluding hydrogens is 226 g/mol. The van der Waals surface area contributed by atoms with Gasteiger partial charge in [0.1, 0.15) is 11.5 Å². The lowest BCUT2D eigenvalue weighted by molar-refractivity contribution is -0.120. The number of ether oxygens (including phenoxy) is 1. The number of anilines is 1. The molecular formula is C15H21NO2. The van der Waals surface area contributed by atoms with E-state index in [4.69, 9.17) is 4.74 Å². The van der Waals surface area contributed by atoms with Crippen molar-refractivity contribution in [1.82, 2.24) is 0 Å². The van der Waals surface area contributed by atoms with E-state index < -0.39 is 0 Å². The summed E-state index contributed by atoms with van der Waals surface area (Å²) in [6, 6.07) is 6.66. The largest absolute Gasteiger partial charge is 0.495 e. The molecule has 0 bridgehead atoms. The number of Topliss-reactive ketones (excluding diaryl/α,β-unsaturated/α-hetero) is 1. The number of carbonyl (C=O) groups is 1. The first kappa shape index (κ1) is 12.9. The third-order valence-electron chi connectivity index (χ3n) is 3.77. The summed E-state index contributed by atoms with van der Waals surface area (Å²) in [4.78, 5) is 13.6. The van der Waals surface area contributed by atoms with E-state index in [-0.39, 0.29) is 0 Å². The summed E-state index contributed by atoms with van der Waals surface area (Å²) in [5.41, 5.74) is 2.35. The van der Waals surface area contributed by atoms with Gasteiger partial charge in [0.25, 0.3) is 0 Å². The third-order valence-corrected chi connectivity index (χ3v) is 3.77. The van der Waals surface area contributed by atoms with Crippen LogP contribution < -0.4 is 9.64 Å². The predicted octanol–water partition coefficient (Wildman–Crippen LogP) is 2.95. The van der Waals surface area contributed by atoms with E-state index in [2.05, 4.69) is 31.0 Å². The van der Waals surface area contributed by atoms with Gasteiger partial charge in [0, 0.05) is 25.9 Å². The molecule has 0 N–H and O–H groups in total. The maximum atomic E-state index is 11.3. The van der Waals surface area contributed by atoms with Crippen LogP contribution in [0.3, 0.4) is 0 Å². The van der Waals surface area contributed by atoms with E-state index in [0.29, 0.717) is 24.7 Å². The van der Waals surface area contributed by atoms with Crippen LogP contribution in [0, 0.1) is 6.92 Å². The second-order valence-corrected chi connectivity index (χ2v) is 5.06. The molecule has 1 saturated carbocycles. The number of hydrogen-bond donors (Lipinski definition) is 0. The fraction of sp³-hybridized carbons (Fsp3) is 0.533. The maximum Gasteiger partial charge on any atom is 0.142 e. The van der Waals surface area contributed by atoms with E-state index >= 15 is 0 Å². The Morgan fingerprint density at radius 1 is 1.28 bits per heavy atom. The minimum absolute atomic E-state index is 0.399. The van der Waals surface area contributed by atoms with Crippen molar-refractivity contribution in [2.24, 2.45) is 0 Å². The number of methoxy groups -OCH3 is 1. The highest BCUT2D eigenvalue weighted by molar-refractivity contribution is 5.79. The topological polar surface area (TPSA) is 29.5 Å². The molecule has 0 saturated heterocycles. The van der Waals surface area contributed by atoms with Gasteiger partial charge in [-0.1, -0.05) is 6.07 Å². The number of carbonyl (C=O) groups excluding carboxylic acids is 1. The first-order valence-corrected chi connectivity index (χ1v) is 6.51. The maximum absolute atomic E-state index is 11.3. The lowest BCUT2D eigenvalue weighted by Crippen LogP contribution is -2.35. The molecule has 0 aromatic heterocycles. The summed E-state index contributed by atoms with van der Waals surface area (Å²) >= 11 is 0. The van der Waals surface area contributed by atoms with Crippen LogP contribution >= 0.6 is 0 Å². The summed E-state index contributed by atoms with van der Waals surface area (Å²) in [6.07, 6.45) is 3.32. The Morgan fingerprint density at radius 3 is 2.56 bits per heavy atom. The first-order valence-electron chi connectivity index (χ1n) is 6.51. The minimum Gasteiger partial charge on any atom is -0.495 e. The Morgan fingerprint density at radius 2 is 1.94 bits per heavy atom. The van der Waals surface area contributed by atoms with Crippen molar-refractivity contribution in [3.8, 4) is 5.75 Å². The van der Waals surface area contributed by atoms with Crippen molar-refractivity contribution < 1.29 is 9.53 Å². The molecule has 1 aliphatic carbocycles. The second-order valence-electron chi connectivity index (χ2n) is 5.06. The summed E-state index contributed by atoms with van der Waals surface area (Å²) in [6.45, 7) is 2.08. The standard InChI is InChI=1S/C15H21NO2/c1-11-4-9-15(18-3)14(10-11)16(2)12-5-7-13(17)8-6-12/h4,9-10,12H,5-8H2,1-3H3. The SMILES string of the molecule is COc1ccc(C)cc1N(C)C1CCC(=O)CC1. The number of nitrogens with zero attached hydrogens (tertiary/aromatic N) is 1. The summed E-state index contributed by atoms with van der Waals surface area (Å²) in [7, 11) is 3.80. The molecule has 0 unspecified atom stereocenters. The van der Waals surface area contributed by atoms with E-state index in [1.54, 1.807) is 7.11 Å². The van der Waals surface area contributed by atoms with E-state index in [1.807, 2.05) is 6.07 Å². The normalized spacial score (nSPS) is 16.7. The number of rotatable bonds is 3. The quantitative estimate of drug-likeness (QED) is 0.822. The summed E-state index contributed by atoms with van der Waals surface area (Å²) in [5, 5.41) is 0. The Kier molecular flexibility index (Phi) is 3.90. The molecule has 3 heteroatoms. The fourth-order valence-electron chi connectivity index (χ4n) is 2.58. The van der Waals surface area contributed by atoms with Crippen molar-refractivity contribution in [2.45, 2.75) is 38.6 Å². The van der Waals surface area contributed by atoms with Gasteiger partial charge in [-0.05, 0) is 37.5 Å². The van der Waals surface area contributed by atoms with Crippen LogP contribution in [0.15, 0.2) is 18.2 Å². The predicted molar refractivity (Wildman–Crippen MR) is 73.4 cm³/mol. The highest BCUT2D eigenvalue weighted by atomic mass is 16.5. The molecule has 98 valence electrons. The molecule has 0 atom stereocenters.